The predicted molar refractivity (Wildman–Crippen MR) is 50.1 cm³/mol. The van der Waals surface area contributed by atoms with E-state index in [1.54, 1.807) is 0 Å². The monoisotopic (exact) mass is 258 g/mol. The van der Waals surface area contributed by atoms with Crippen molar-refractivity contribution in [2.45, 2.75) is 6.92 Å². The molecule has 0 N–H and O–H groups in total. The third kappa shape index (κ3) is 13.9. The van der Waals surface area contributed by atoms with Gasteiger partial charge in [0.05, 0.1) is 0 Å². The van der Waals surface area contributed by atoms with Crippen molar-refractivity contribution < 1.29 is 13.9 Å². The molecule has 1 rings (SSSR count). The van der Waals surface area contributed by atoms with Crippen LogP contribution in [0.5, 0.6) is 0 Å². The SMILES string of the molecule is C[C]1[CH][CH][CH][CH]1.[CH2][CH][CH2].[Co+2][Br]. The van der Waals surface area contributed by atoms with Crippen LogP contribution in [0.3, 0.4) is 0 Å². The molecule has 0 atom stereocenters. The van der Waals surface area contributed by atoms with E-state index in [2.05, 4.69) is 61.7 Å². The van der Waals surface area contributed by atoms with E-state index < -0.39 is 0 Å². The molecule has 0 aromatic carbocycles. The second-order valence-electron chi connectivity index (χ2n) is 1.75. The van der Waals surface area contributed by atoms with Crippen molar-refractivity contribution in [3.63, 3.8) is 0 Å². The van der Waals surface area contributed by atoms with Gasteiger partial charge < -0.3 is 0 Å². The molecule has 2 heteroatoms. The average Bonchev–Trinajstić information content (AvgIpc) is 2.46. The van der Waals surface area contributed by atoms with Gasteiger partial charge in [0.1, 0.15) is 0 Å². The van der Waals surface area contributed by atoms with Gasteiger partial charge in [0.2, 0.25) is 0 Å². The third-order valence-electron chi connectivity index (χ3n) is 0.829. The number of rotatable bonds is 0. The molecule has 0 aromatic heterocycles. The van der Waals surface area contributed by atoms with E-state index >= 15 is 0 Å². The van der Waals surface area contributed by atoms with Crippen molar-refractivity contribution in [2.75, 3.05) is 0 Å². The zero-order chi connectivity index (χ0) is 9.11. The van der Waals surface area contributed by atoms with E-state index in [0.717, 1.165) is 0 Å². The van der Waals surface area contributed by atoms with Crippen LogP contribution < -0.4 is 0 Å². The maximum atomic E-state index is 3.38. The van der Waals surface area contributed by atoms with Crippen LogP contribution >= 0.6 is 14.2 Å². The molecule has 11 heavy (non-hydrogen) atoms. The quantitative estimate of drug-likeness (QED) is 0.627. The minimum atomic E-state index is 1.34. The Labute approximate surface area is 86.8 Å². The van der Waals surface area contributed by atoms with Crippen LogP contribution in [0.4, 0.5) is 0 Å². The van der Waals surface area contributed by atoms with Crippen molar-refractivity contribution in [3.05, 3.63) is 51.9 Å². The fraction of sp³-hybridized carbons (Fsp3) is 0.111. The van der Waals surface area contributed by atoms with Gasteiger partial charge in [-0.1, -0.05) is 6.92 Å². The molecule has 0 unspecified atom stereocenters. The van der Waals surface area contributed by atoms with Crippen molar-refractivity contribution >= 4 is 14.2 Å². The summed E-state index contributed by atoms with van der Waals surface area (Å²) in [4.78, 5) is 0. The Morgan fingerprint density at radius 1 is 1.27 bits per heavy atom. The molecule has 0 spiro atoms. The van der Waals surface area contributed by atoms with Crippen LogP contribution in [0, 0.1) is 51.9 Å². The molecule has 0 bridgehead atoms. The van der Waals surface area contributed by atoms with Crippen molar-refractivity contribution in [1.82, 2.24) is 0 Å². The molecule has 0 aromatic rings. The average molecular weight is 259 g/mol. The summed E-state index contributed by atoms with van der Waals surface area (Å²) in [6.45, 7) is 8.58. The van der Waals surface area contributed by atoms with Crippen LogP contribution in [-0.2, 0) is 13.9 Å². The fourth-order valence-electron chi connectivity index (χ4n) is 0.470. The van der Waals surface area contributed by atoms with Crippen molar-refractivity contribution in [1.29, 1.82) is 0 Å². The number of hydrogen-bond donors (Lipinski definition) is 0. The van der Waals surface area contributed by atoms with E-state index in [0.29, 0.717) is 0 Å². The van der Waals surface area contributed by atoms with Crippen molar-refractivity contribution in [3.8, 4) is 0 Å². The maximum absolute atomic E-state index is 3.38. The first kappa shape index (κ1) is 14.5. The van der Waals surface area contributed by atoms with Crippen LogP contribution in [0.1, 0.15) is 6.92 Å². The van der Waals surface area contributed by atoms with Crippen molar-refractivity contribution in [2.24, 2.45) is 0 Å². The molecule has 1 aliphatic rings. The summed E-state index contributed by atoms with van der Waals surface area (Å²) in [6, 6.07) is 0. The topological polar surface area (TPSA) is 0 Å². The molecule has 62 valence electrons. The summed E-state index contributed by atoms with van der Waals surface area (Å²) in [5, 5.41) is 0. The van der Waals surface area contributed by atoms with Gasteiger partial charge in [0, 0.05) is 0 Å². The molecule has 1 fully saturated rings. The van der Waals surface area contributed by atoms with E-state index in [1.165, 1.54) is 12.3 Å². The van der Waals surface area contributed by atoms with E-state index in [-0.39, 0.29) is 0 Å². The van der Waals surface area contributed by atoms with Gasteiger partial charge in [-0.15, -0.1) is 0 Å². The first-order valence-electron chi connectivity index (χ1n) is 3.02. The van der Waals surface area contributed by atoms with Gasteiger partial charge >= 0.3 is 28.1 Å². The zero-order valence-corrected chi connectivity index (χ0v) is 9.14. The Morgan fingerprint density at radius 2 is 1.55 bits per heavy atom. The molecule has 8 radical (unpaired) electrons. The summed E-state index contributed by atoms with van der Waals surface area (Å²) in [5.74, 6) is 1.34. The van der Waals surface area contributed by atoms with Gasteiger partial charge in [0.15, 0.2) is 0 Å². The Bertz CT molecular complexity index is 51.5. The van der Waals surface area contributed by atoms with Gasteiger partial charge in [0.25, 0.3) is 0 Å². The first-order chi connectivity index (χ1) is 5.31. The van der Waals surface area contributed by atoms with Gasteiger partial charge in [-0.3, -0.25) is 0 Å². The molecule has 0 nitrogen and oxygen atoms in total. The first-order valence-corrected chi connectivity index (χ1v) is 5.59. The predicted octanol–water partition coefficient (Wildman–Crippen LogP) is 3.11. The van der Waals surface area contributed by atoms with Gasteiger partial charge in [-0.25, -0.2) is 0 Å². The Morgan fingerprint density at radius 3 is 1.64 bits per heavy atom. The molecule has 0 saturated heterocycles. The fourth-order valence-corrected chi connectivity index (χ4v) is 0.470. The Kier molecular flexibility index (Phi) is 17.9. The minimum absolute atomic E-state index is 1.34. The zero-order valence-electron chi connectivity index (χ0n) is 6.51. The van der Waals surface area contributed by atoms with E-state index in [4.69, 9.17) is 0 Å². The summed E-state index contributed by atoms with van der Waals surface area (Å²) in [5.41, 5.74) is 0. The van der Waals surface area contributed by atoms with E-state index in [9.17, 15) is 0 Å². The number of halogens is 1. The summed E-state index contributed by atoms with van der Waals surface area (Å²) in [6.07, 6.45) is 9.74. The van der Waals surface area contributed by atoms with Crippen LogP contribution in [-0.4, -0.2) is 0 Å². The Hall–Kier alpha value is 0.986. The molecule has 0 amide bonds. The van der Waals surface area contributed by atoms with Crippen LogP contribution in [0.25, 0.3) is 0 Å². The number of hydrogen-bond acceptors (Lipinski definition) is 0. The third-order valence-corrected chi connectivity index (χ3v) is 0.829. The molecular weight excluding hydrogens is 247 g/mol. The Balaban J connectivity index is 0. The van der Waals surface area contributed by atoms with E-state index in [1.807, 2.05) is 12.8 Å². The normalized spacial score (nSPS) is 16.1. The molecule has 0 heterocycles. The second-order valence-corrected chi connectivity index (χ2v) is 1.75. The standard InChI is InChI=1S/C6H7.C3H5.BrH.Co/c1-6-4-2-3-5-6;1-3-2;;/h2-5H,1H3;3H,1-2H2;1H;/q;;;+3/p-1. The summed E-state index contributed by atoms with van der Waals surface area (Å²) < 4.78 is 0. The summed E-state index contributed by atoms with van der Waals surface area (Å²) in [7, 11) is 0. The molecule has 1 saturated carbocycles. The second kappa shape index (κ2) is 13.6. The molecular formula is C9H12BrCo+2. The summed E-state index contributed by atoms with van der Waals surface area (Å²) >= 11 is 6.00. The van der Waals surface area contributed by atoms with Gasteiger partial charge in [-0.05, 0) is 51.9 Å². The molecule has 1 aliphatic carbocycles. The molecule has 0 aliphatic heterocycles. The van der Waals surface area contributed by atoms with Gasteiger partial charge in [-0.2, -0.15) is 0 Å². The van der Waals surface area contributed by atoms with Crippen LogP contribution in [0.2, 0.25) is 0 Å². The van der Waals surface area contributed by atoms with Crippen LogP contribution in [0.15, 0.2) is 0 Å².